The number of allylic oxidation sites excluding steroid dienone is 4. The van der Waals surface area contributed by atoms with Crippen LogP contribution in [0.3, 0.4) is 0 Å². The maximum atomic E-state index is 13.7. The van der Waals surface area contributed by atoms with Crippen LogP contribution in [0.4, 0.5) is 8.78 Å². The second-order valence-corrected chi connectivity index (χ2v) is 6.42. The lowest BCUT2D eigenvalue weighted by Gasteiger charge is -2.20. The van der Waals surface area contributed by atoms with Crippen LogP contribution in [0.1, 0.15) is 39.2 Å². The van der Waals surface area contributed by atoms with Gasteiger partial charge in [-0.15, -0.1) is 0 Å². The molecule has 0 radical (unpaired) electrons. The van der Waals surface area contributed by atoms with Crippen molar-refractivity contribution in [1.82, 2.24) is 0 Å². The molecule has 0 unspecified atom stereocenters. The summed E-state index contributed by atoms with van der Waals surface area (Å²) in [5.41, 5.74) is 7.06. The second-order valence-electron chi connectivity index (χ2n) is 6.42. The van der Waals surface area contributed by atoms with Crippen molar-refractivity contribution in [1.29, 1.82) is 0 Å². The summed E-state index contributed by atoms with van der Waals surface area (Å²) >= 11 is 0. The largest absolute Gasteiger partial charge is 0.507 e. The van der Waals surface area contributed by atoms with Gasteiger partial charge in [-0.3, -0.25) is 0 Å². The molecule has 0 saturated heterocycles. The third-order valence-corrected chi connectivity index (χ3v) is 5.21. The van der Waals surface area contributed by atoms with Crippen molar-refractivity contribution in [3.05, 3.63) is 75.9 Å². The third kappa shape index (κ3) is 2.44. The Hall–Kier alpha value is -2.42. The molecular weight excluding hydrogens is 306 g/mol. The molecule has 0 aromatic heterocycles. The van der Waals surface area contributed by atoms with E-state index >= 15 is 0 Å². The summed E-state index contributed by atoms with van der Waals surface area (Å²) < 4.78 is 27.1. The molecule has 1 aliphatic carbocycles. The molecular formula is C21H20F2O. The Kier molecular flexibility index (Phi) is 4.04. The standard InChI is InChI=1S/C21H20F2O/c1-11-12(2)14(4)21(13(11)3)16-8-6-5-7-15(16)17-9-18(22)19(23)10-20(17)24/h5-10,21,24H,1-4H3. The first-order chi connectivity index (χ1) is 11.3. The van der Waals surface area contributed by atoms with Gasteiger partial charge >= 0.3 is 0 Å². The van der Waals surface area contributed by atoms with Crippen molar-refractivity contribution in [2.75, 3.05) is 0 Å². The normalized spacial score (nSPS) is 15.6. The zero-order valence-corrected chi connectivity index (χ0v) is 14.2. The summed E-state index contributed by atoms with van der Waals surface area (Å²) in [6, 6.07) is 9.49. The van der Waals surface area contributed by atoms with Crippen LogP contribution in [0.5, 0.6) is 5.75 Å². The monoisotopic (exact) mass is 326 g/mol. The molecule has 3 rings (SSSR count). The second kappa shape index (κ2) is 5.90. The Morgan fingerprint density at radius 2 is 1.33 bits per heavy atom. The van der Waals surface area contributed by atoms with Crippen molar-refractivity contribution < 1.29 is 13.9 Å². The van der Waals surface area contributed by atoms with Crippen LogP contribution in [0.15, 0.2) is 58.7 Å². The molecule has 0 saturated carbocycles. The zero-order chi connectivity index (χ0) is 17.6. The van der Waals surface area contributed by atoms with E-state index in [1.807, 2.05) is 24.3 Å². The van der Waals surface area contributed by atoms with Gasteiger partial charge < -0.3 is 5.11 Å². The van der Waals surface area contributed by atoms with Crippen molar-refractivity contribution in [2.45, 2.75) is 33.6 Å². The number of benzene rings is 2. The minimum atomic E-state index is -1.05. The predicted octanol–water partition coefficient (Wildman–Crippen LogP) is 6.11. The summed E-state index contributed by atoms with van der Waals surface area (Å²) in [5, 5.41) is 10.1. The minimum absolute atomic E-state index is 0.0914. The lowest BCUT2D eigenvalue weighted by Crippen LogP contribution is -2.02. The van der Waals surface area contributed by atoms with Crippen LogP contribution in [-0.4, -0.2) is 5.11 Å². The summed E-state index contributed by atoms with van der Waals surface area (Å²) in [4.78, 5) is 0. The topological polar surface area (TPSA) is 20.2 Å². The van der Waals surface area contributed by atoms with Crippen LogP contribution >= 0.6 is 0 Å². The molecule has 1 N–H and O–H groups in total. The molecule has 0 fully saturated rings. The van der Waals surface area contributed by atoms with E-state index in [1.54, 1.807) is 0 Å². The van der Waals surface area contributed by atoms with Gasteiger partial charge in [0.1, 0.15) is 5.75 Å². The number of halogens is 2. The highest BCUT2D eigenvalue weighted by Crippen LogP contribution is 2.47. The maximum Gasteiger partial charge on any atom is 0.162 e. The summed E-state index contributed by atoms with van der Waals surface area (Å²) in [6.45, 7) is 8.40. The molecule has 0 atom stereocenters. The van der Waals surface area contributed by atoms with E-state index in [1.165, 1.54) is 22.3 Å². The first-order valence-corrected chi connectivity index (χ1v) is 7.95. The maximum absolute atomic E-state index is 13.7. The van der Waals surface area contributed by atoms with E-state index in [0.717, 1.165) is 23.3 Å². The van der Waals surface area contributed by atoms with Crippen LogP contribution in [0, 0.1) is 11.6 Å². The molecule has 1 nitrogen and oxygen atoms in total. The average Bonchev–Trinajstić information content (AvgIpc) is 2.75. The number of hydrogen-bond acceptors (Lipinski definition) is 1. The fourth-order valence-corrected chi connectivity index (χ4v) is 3.56. The Morgan fingerprint density at radius 1 is 0.792 bits per heavy atom. The smallest absolute Gasteiger partial charge is 0.162 e. The van der Waals surface area contributed by atoms with Gasteiger partial charge in [0.2, 0.25) is 0 Å². The third-order valence-electron chi connectivity index (χ3n) is 5.21. The lowest BCUT2D eigenvalue weighted by molar-refractivity contribution is 0.457. The van der Waals surface area contributed by atoms with Crippen LogP contribution in [0.2, 0.25) is 0 Å². The van der Waals surface area contributed by atoms with Crippen LogP contribution in [0.25, 0.3) is 11.1 Å². The minimum Gasteiger partial charge on any atom is -0.507 e. The van der Waals surface area contributed by atoms with Crippen LogP contribution in [-0.2, 0) is 0 Å². The first-order valence-electron chi connectivity index (χ1n) is 7.95. The lowest BCUT2D eigenvalue weighted by atomic mass is 9.84. The number of phenols is 1. The molecule has 0 spiro atoms. The molecule has 2 aromatic rings. The molecule has 0 heterocycles. The Bertz CT molecular complexity index is 867. The van der Waals surface area contributed by atoms with E-state index in [4.69, 9.17) is 0 Å². The molecule has 1 aliphatic rings. The van der Waals surface area contributed by atoms with E-state index < -0.39 is 11.6 Å². The van der Waals surface area contributed by atoms with Gasteiger partial charge in [-0.25, -0.2) is 8.78 Å². The Balaban J connectivity index is 2.23. The first kappa shape index (κ1) is 16.4. The molecule has 24 heavy (non-hydrogen) atoms. The Labute approximate surface area is 141 Å². The number of hydrogen-bond donors (Lipinski definition) is 1. The molecule has 0 amide bonds. The SMILES string of the molecule is CC1=C(C)C(c2ccccc2-c2cc(F)c(F)cc2O)C(C)=C1C. The summed E-state index contributed by atoms with van der Waals surface area (Å²) in [6.07, 6.45) is 0. The molecule has 2 aromatic carbocycles. The van der Waals surface area contributed by atoms with E-state index in [0.29, 0.717) is 5.56 Å². The highest BCUT2D eigenvalue weighted by Gasteiger charge is 2.28. The van der Waals surface area contributed by atoms with Gasteiger partial charge in [-0.1, -0.05) is 35.4 Å². The molecule has 3 heteroatoms. The predicted molar refractivity (Wildman–Crippen MR) is 92.9 cm³/mol. The fraction of sp³-hybridized carbons (Fsp3) is 0.238. The summed E-state index contributed by atoms with van der Waals surface area (Å²) in [7, 11) is 0. The van der Waals surface area contributed by atoms with E-state index in [-0.39, 0.29) is 11.7 Å². The van der Waals surface area contributed by atoms with Crippen molar-refractivity contribution in [3.63, 3.8) is 0 Å². The highest BCUT2D eigenvalue weighted by atomic mass is 19.2. The number of rotatable bonds is 2. The average molecular weight is 326 g/mol. The van der Waals surface area contributed by atoms with Crippen molar-refractivity contribution >= 4 is 0 Å². The Morgan fingerprint density at radius 3 is 1.96 bits per heavy atom. The highest BCUT2D eigenvalue weighted by molar-refractivity contribution is 5.75. The van der Waals surface area contributed by atoms with Gasteiger partial charge in [-0.2, -0.15) is 0 Å². The van der Waals surface area contributed by atoms with Crippen LogP contribution < -0.4 is 0 Å². The summed E-state index contributed by atoms with van der Waals surface area (Å²) in [5.74, 6) is -2.17. The van der Waals surface area contributed by atoms with Gasteiger partial charge in [0.25, 0.3) is 0 Å². The van der Waals surface area contributed by atoms with E-state index in [2.05, 4.69) is 27.7 Å². The van der Waals surface area contributed by atoms with Gasteiger partial charge in [0.05, 0.1) is 0 Å². The van der Waals surface area contributed by atoms with Gasteiger partial charge in [0, 0.05) is 17.5 Å². The van der Waals surface area contributed by atoms with Crippen molar-refractivity contribution in [3.8, 4) is 16.9 Å². The molecule has 124 valence electrons. The van der Waals surface area contributed by atoms with Gasteiger partial charge in [-0.05, 0) is 56.0 Å². The van der Waals surface area contributed by atoms with Crippen molar-refractivity contribution in [2.24, 2.45) is 0 Å². The quantitative estimate of drug-likeness (QED) is 0.706. The van der Waals surface area contributed by atoms with E-state index in [9.17, 15) is 13.9 Å². The zero-order valence-electron chi connectivity index (χ0n) is 14.2. The molecule has 0 bridgehead atoms. The number of aromatic hydroxyl groups is 1. The number of phenolic OH excluding ortho intramolecular Hbond substituents is 1. The fourth-order valence-electron chi connectivity index (χ4n) is 3.56. The molecule has 0 aliphatic heterocycles. The van der Waals surface area contributed by atoms with Gasteiger partial charge in [0.15, 0.2) is 11.6 Å².